The highest BCUT2D eigenvalue weighted by atomic mass is 16.5. The van der Waals surface area contributed by atoms with Crippen LogP contribution in [0.25, 0.3) is 0 Å². The fourth-order valence-electron chi connectivity index (χ4n) is 1.91. The lowest BCUT2D eigenvalue weighted by Gasteiger charge is -2.28. The third-order valence-electron chi connectivity index (χ3n) is 2.65. The minimum Gasteiger partial charge on any atom is -0.458 e. The van der Waals surface area contributed by atoms with E-state index in [9.17, 15) is 4.79 Å². The maximum Gasteiger partial charge on any atom is 0.199 e. The van der Waals surface area contributed by atoms with E-state index in [1.54, 1.807) is 12.1 Å². The zero-order valence-electron chi connectivity index (χ0n) is 9.66. The highest BCUT2D eigenvalue weighted by molar-refractivity contribution is 5.93. The second-order valence-electron chi connectivity index (χ2n) is 4.34. The van der Waals surface area contributed by atoms with Crippen molar-refractivity contribution in [3.8, 4) is 0 Å². The lowest BCUT2D eigenvalue weighted by Crippen LogP contribution is -2.48. The van der Waals surface area contributed by atoms with Gasteiger partial charge in [-0.05, 0) is 26.0 Å². The number of aryl methyl sites for hydroxylation is 1. The van der Waals surface area contributed by atoms with E-state index in [1.165, 1.54) is 0 Å². The Balaban J connectivity index is 1.92. The van der Waals surface area contributed by atoms with Crippen LogP contribution in [0.3, 0.4) is 0 Å². The number of carbonyl (C=O) groups excluding carboxylic acids is 1. The fourth-order valence-corrected chi connectivity index (χ4v) is 1.91. The van der Waals surface area contributed by atoms with Crippen molar-refractivity contribution in [1.82, 2.24) is 5.32 Å². The minimum atomic E-state index is 0.0308. The molecular formula is C12H17NO3. The van der Waals surface area contributed by atoms with Crippen LogP contribution < -0.4 is 5.32 Å². The molecule has 1 aliphatic heterocycles. The van der Waals surface area contributed by atoms with E-state index in [2.05, 4.69) is 5.32 Å². The van der Waals surface area contributed by atoms with E-state index in [0.29, 0.717) is 31.4 Å². The molecule has 16 heavy (non-hydrogen) atoms. The van der Waals surface area contributed by atoms with Gasteiger partial charge in [0.1, 0.15) is 5.76 Å². The van der Waals surface area contributed by atoms with Crippen LogP contribution in [0.1, 0.15) is 29.7 Å². The number of rotatable bonds is 3. The van der Waals surface area contributed by atoms with Crippen molar-refractivity contribution in [3.05, 3.63) is 23.7 Å². The van der Waals surface area contributed by atoms with Gasteiger partial charge in [-0.3, -0.25) is 4.79 Å². The van der Waals surface area contributed by atoms with Crippen molar-refractivity contribution in [2.75, 3.05) is 13.2 Å². The molecule has 1 aromatic heterocycles. The van der Waals surface area contributed by atoms with Gasteiger partial charge >= 0.3 is 0 Å². The average molecular weight is 223 g/mol. The van der Waals surface area contributed by atoms with E-state index in [0.717, 1.165) is 5.76 Å². The largest absolute Gasteiger partial charge is 0.458 e. The van der Waals surface area contributed by atoms with Crippen LogP contribution in [0.5, 0.6) is 0 Å². The summed E-state index contributed by atoms with van der Waals surface area (Å²) < 4.78 is 10.7. The maximum absolute atomic E-state index is 11.8. The summed E-state index contributed by atoms with van der Waals surface area (Å²) in [5.74, 6) is 1.24. The third-order valence-corrected chi connectivity index (χ3v) is 2.65. The summed E-state index contributed by atoms with van der Waals surface area (Å²) in [6, 6.07) is 3.94. The summed E-state index contributed by atoms with van der Waals surface area (Å²) in [6.45, 7) is 5.19. The molecular weight excluding hydrogens is 206 g/mol. The normalized spacial score (nSPS) is 25.6. The molecule has 4 nitrogen and oxygen atoms in total. The predicted molar refractivity (Wildman–Crippen MR) is 59.6 cm³/mol. The van der Waals surface area contributed by atoms with Gasteiger partial charge in [-0.2, -0.15) is 0 Å². The van der Waals surface area contributed by atoms with E-state index >= 15 is 0 Å². The summed E-state index contributed by atoms with van der Waals surface area (Å²) in [7, 11) is 0. The van der Waals surface area contributed by atoms with Gasteiger partial charge in [0.05, 0.1) is 13.2 Å². The van der Waals surface area contributed by atoms with Gasteiger partial charge in [-0.15, -0.1) is 0 Å². The minimum absolute atomic E-state index is 0.0308. The first-order valence-corrected chi connectivity index (χ1v) is 5.58. The summed E-state index contributed by atoms with van der Waals surface area (Å²) in [5, 5.41) is 3.34. The Labute approximate surface area is 95.0 Å². The van der Waals surface area contributed by atoms with E-state index in [1.807, 2.05) is 13.8 Å². The van der Waals surface area contributed by atoms with Crippen LogP contribution in [0.2, 0.25) is 0 Å². The molecule has 1 aliphatic rings. The van der Waals surface area contributed by atoms with Crippen molar-refractivity contribution in [2.45, 2.75) is 32.4 Å². The number of Topliss-reactive ketones (excluding diaryl/α,β-unsaturated/α-hetero) is 1. The van der Waals surface area contributed by atoms with Crippen LogP contribution >= 0.6 is 0 Å². The molecule has 0 radical (unpaired) electrons. The molecule has 0 spiro atoms. The van der Waals surface area contributed by atoms with E-state index < -0.39 is 0 Å². The molecule has 2 heterocycles. The first-order chi connectivity index (χ1) is 7.65. The molecule has 1 saturated heterocycles. The average Bonchev–Trinajstić information content (AvgIpc) is 2.65. The van der Waals surface area contributed by atoms with Gasteiger partial charge in [-0.25, -0.2) is 0 Å². The number of furan rings is 1. The Hall–Kier alpha value is -1.13. The Bertz CT molecular complexity index is 372. The monoisotopic (exact) mass is 223 g/mol. The Morgan fingerprint density at radius 3 is 2.94 bits per heavy atom. The first-order valence-electron chi connectivity index (χ1n) is 5.58. The van der Waals surface area contributed by atoms with Gasteiger partial charge in [0.15, 0.2) is 11.5 Å². The number of ketones is 1. The molecule has 0 bridgehead atoms. The molecule has 0 amide bonds. The topological polar surface area (TPSA) is 51.5 Å². The van der Waals surface area contributed by atoms with Crippen LogP contribution in [0.15, 0.2) is 16.5 Å². The van der Waals surface area contributed by atoms with E-state index in [-0.39, 0.29) is 11.8 Å². The summed E-state index contributed by atoms with van der Waals surface area (Å²) in [4.78, 5) is 11.8. The number of nitrogens with one attached hydrogen (secondary N) is 1. The summed E-state index contributed by atoms with van der Waals surface area (Å²) >= 11 is 0. The summed E-state index contributed by atoms with van der Waals surface area (Å²) in [6.07, 6.45) is 0.428. The van der Waals surface area contributed by atoms with Crippen LogP contribution in [0.4, 0.5) is 0 Å². The first kappa shape index (κ1) is 11.4. The molecule has 0 saturated carbocycles. The van der Waals surface area contributed by atoms with Gasteiger partial charge in [0.25, 0.3) is 0 Å². The maximum atomic E-state index is 11.8. The second kappa shape index (κ2) is 4.80. The molecule has 1 fully saturated rings. The molecule has 2 rings (SSSR count). The second-order valence-corrected chi connectivity index (χ2v) is 4.34. The Morgan fingerprint density at radius 1 is 1.50 bits per heavy atom. The highest BCUT2D eigenvalue weighted by Gasteiger charge is 2.22. The van der Waals surface area contributed by atoms with Crippen molar-refractivity contribution < 1.29 is 13.9 Å². The van der Waals surface area contributed by atoms with Gasteiger partial charge in [0.2, 0.25) is 0 Å². The molecule has 1 aromatic rings. The number of hydrogen-bond acceptors (Lipinski definition) is 4. The van der Waals surface area contributed by atoms with Gasteiger partial charge < -0.3 is 14.5 Å². The van der Waals surface area contributed by atoms with Crippen LogP contribution in [-0.4, -0.2) is 31.1 Å². The van der Waals surface area contributed by atoms with Crippen molar-refractivity contribution in [3.63, 3.8) is 0 Å². The van der Waals surface area contributed by atoms with Crippen molar-refractivity contribution in [2.24, 2.45) is 0 Å². The lowest BCUT2D eigenvalue weighted by molar-refractivity contribution is 0.0458. The highest BCUT2D eigenvalue weighted by Crippen LogP contribution is 2.12. The molecule has 0 aromatic carbocycles. The van der Waals surface area contributed by atoms with Crippen LogP contribution in [-0.2, 0) is 4.74 Å². The number of morpholine rings is 1. The third kappa shape index (κ3) is 2.71. The standard InChI is InChI=1S/C12H17NO3/c1-8-6-15-7-10(13-8)5-11(14)12-4-3-9(2)16-12/h3-4,8,10,13H,5-7H2,1-2H3. The van der Waals surface area contributed by atoms with Gasteiger partial charge in [-0.1, -0.05) is 0 Å². The molecule has 2 atom stereocenters. The molecule has 88 valence electrons. The summed E-state index contributed by atoms with van der Waals surface area (Å²) in [5.41, 5.74) is 0. The Kier molecular flexibility index (Phi) is 3.41. The van der Waals surface area contributed by atoms with E-state index in [4.69, 9.17) is 9.15 Å². The number of ether oxygens (including phenoxy) is 1. The fraction of sp³-hybridized carbons (Fsp3) is 0.583. The zero-order chi connectivity index (χ0) is 11.5. The Morgan fingerprint density at radius 2 is 2.31 bits per heavy atom. The SMILES string of the molecule is Cc1ccc(C(=O)CC2COCC(C)N2)o1. The smallest absolute Gasteiger partial charge is 0.199 e. The van der Waals surface area contributed by atoms with Gasteiger partial charge in [0, 0.05) is 18.5 Å². The molecule has 2 unspecified atom stereocenters. The van der Waals surface area contributed by atoms with Crippen molar-refractivity contribution in [1.29, 1.82) is 0 Å². The molecule has 0 aliphatic carbocycles. The predicted octanol–water partition coefficient (Wildman–Crippen LogP) is 1.54. The molecule has 1 N–H and O–H groups in total. The number of hydrogen-bond donors (Lipinski definition) is 1. The lowest BCUT2D eigenvalue weighted by atomic mass is 10.1. The van der Waals surface area contributed by atoms with Crippen molar-refractivity contribution >= 4 is 5.78 Å². The quantitative estimate of drug-likeness (QED) is 0.790. The molecule has 4 heteroatoms. The number of carbonyl (C=O) groups is 1. The zero-order valence-corrected chi connectivity index (χ0v) is 9.66. The van der Waals surface area contributed by atoms with Crippen LogP contribution in [0, 0.1) is 6.92 Å².